The maximum absolute atomic E-state index is 12.5. The molecule has 0 saturated heterocycles. The molecule has 1 aliphatic rings. The first kappa shape index (κ1) is 16.5. The third-order valence-corrected chi connectivity index (χ3v) is 4.11. The first-order valence-corrected chi connectivity index (χ1v) is 8.09. The van der Waals surface area contributed by atoms with Gasteiger partial charge in [-0.15, -0.1) is 0 Å². The maximum Gasteiger partial charge on any atom is 0.335 e. The van der Waals surface area contributed by atoms with Crippen LogP contribution in [0.1, 0.15) is 55.5 Å². The highest BCUT2D eigenvalue weighted by Gasteiger charge is 2.32. The summed E-state index contributed by atoms with van der Waals surface area (Å²) in [6, 6.07) is 7.35. The number of hydrogen-bond donors (Lipinski definition) is 1. The van der Waals surface area contributed by atoms with Gasteiger partial charge in [0.25, 0.3) is 0 Å². The van der Waals surface area contributed by atoms with E-state index in [2.05, 4.69) is 13.8 Å². The number of carbonyl (C=O) groups is 2. The van der Waals surface area contributed by atoms with Gasteiger partial charge in [-0.05, 0) is 43.2 Å². The predicted molar refractivity (Wildman–Crippen MR) is 85.9 cm³/mol. The summed E-state index contributed by atoms with van der Waals surface area (Å²) in [6.07, 6.45) is 4.12. The van der Waals surface area contributed by atoms with Crippen molar-refractivity contribution >= 4 is 11.9 Å². The molecule has 4 nitrogen and oxygen atoms in total. The molecule has 0 radical (unpaired) electrons. The lowest BCUT2D eigenvalue weighted by atomic mass is 10.0. The molecular formula is C18H25NO3. The van der Waals surface area contributed by atoms with E-state index < -0.39 is 5.97 Å². The van der Waals surface area contributed by atoms with E-state index in [0.717, 1.165) is 31.4 Å². The van der Waals surface area contributed by atoms with Gasteiger partial charge in [0.2, 0.25) is 5.91 Å². The van der Waals surface area contributed by atoms with E-state index in [1.54, 1.807) is 18.2 Å². The monoisotopic (exact) mass is 303 g/mol. The van der Waals surface area contributed by atoms with Crippen LogP contribution in [0.4, 0.5) is 0 Å². The summed E-state index contributed by atoms with van der Waals surface area (Å²) in [5.41, 5.74) is 1.04. The van der Waals surface area contributed by atoms with E-state index in [0.29, 0.717) is 30.4 Å². The van der Waals surface area contributed by atoms with Crippen molar-refractivity contribution in [1.82, 2.24) is 4.90 Å². The first-order chi connectivity index (χ1) is 10.5. The minimum Gasteiger partial charge on any atom is -0.478 e. The molecule has 0 atom stereocenters. The molecule has 0 spiro atoms. The van der Waals surface area contributed by atoms with E-state index in [4.69, 9.17) is 0 Å². The van der Waals surface area contributed by atoms with Gasteiger partial charge in [0, 0.05) is 19.0 Å². The molecule has 1 aliphatic carbocycles. The standard InChI is InChI=1S/C18H25NO3/c1-13(2)11-12-19(15-8-9-15)17(20)10-7-14-5-3-4-6-16(14)18(21)22/h3-6,13,15H,7-12H2,1-2H3,(H,21,22). The second-order valence-corrected chi connectivity index (χ2v) is 6.46. The molecule has 1 saturated carbocycles. The fourth-order valence-electron chi connectivity index (χ4n) is 2.63. The van der Waals surface area contributed by atoms with Gasteiger partial charge in [-0.3, -0.25) is 4.79 Å². The smallest absolute Gasteiger partial charge is 0.335 e. The lowest BCUT2D eigenvalue weighted by molar-refractivity contribution is -0.131. The summed E-state index contributed by atoms with van der Waals surface area (Å²) in [5, 5.41) is 9.19. The predicted octanol–water partition coefficient (Wildman–Crippen LogP) is 3.35. The van der Waals surface area contributed by atoms with Gasteiger partial charge in [0.05, 0.1) is 5.56 Å². The highest BCUT2D eigenvalue weighted by atomic mass is 16.4. The van der Waals surface area contributed by atoms with Gasteiger partial charge >= 0.3 is 5.97 Å². The maximum atomic E-state index is 12.5. The summed E-state index contributed by atoms with van der Waals surface area (Å²) >= 11 is 0. The van der Waals surface area contributed by atoms with Crippen LogP contribution in [0.2, 0.25) is 0 Å². The van der Waals surface area contributed by atoms with E-state index in [9.17, 15) is 14.7 Å². The Labute approximate surface area is 132 Å². The number of aryl methyl sites for hydroxylation is 1. The zero-order valence-electron chi connectivity index (χ0n) is 13.4. The first-order valence-electron chi connectivity index (χ1n) is 8.09. The molecule has 2 rings (SSSR count). The van der Waals surface area contributed by atoms with Gasteiger partial charge in [0.15, 0.2) is 0 Å². The van der Waals surface area contributed by atoms with Crippen LogP contribution in [0, 0.1) is 5.92 Å². The highest BCUT2D eigenvalue weighted by Crippen LogP contribution is 2.28. The van der Waals surface area contributed by atoms with Crippen LogP contribution in [0.5, 0.6) is 0 Å². The normalized spacial score (nSPS) is 14.1. The average Bonchev–Trinajstić information content (AvgIpc) is 3.30. The Morgan fingerprint density at radius 1 is 1.27 bits per heavy atom. The minimum absolute atomic E-state index is 0.156. The highest BCUT2D eigenvalue weighted by molar-refractivity contribution is 5.89. The van der Waals surface area contributed by atoms with Crippen LogP contribution >= 0.6 is 0 Å². The van der Waals surface area contributed by atoms with Crippen LogP contribution in [-0.2, 0) is 11.2 Å². The van der Waals surface area contributed by atoms with E-state index in [-0.39, 0.29) is 5.91 Å². The van der Waals surface area contributed by atoms with Crippen LogP contribution in [0.25, 0.3) is 0 Å². The molecule has 22 heavy (non-hydrogen) atoms. The van der Waals surface area contributed by atoms with Crippen molar-refractivity contribution in [2.75, 3.05) is 6.54 Å². The van der Waals surface area contributed by atoms with Gasteiger partial charge in [-0.1, -0.05) is 32.0 Å². The molecular weight excluding hydrogens is 278 g/mol. The Kier molecular flexibility index (Phi) is 5.58. The Bertz CT molecular complexity index is 535. The van der Waals surface area contributed by atoms with E-state index in [1.165, 1.54) is 0 Å². The van der Waals surface area contributed by atoms with Crippen molar-refractivity contribution in [3.8, 4) is 0 Å². The minimum atomic E-state index is -0.929. The average molecular weight is 303 g/mol. The van der Waals surface area contributed by atoms with Crippen molar-refractivity contribution in [2.45, 2.75) is 52.0 Å². The SMILES string of the molecule is CC(C)CCN(C(=O)CCc1ccccc1C(=O)O)C1CC1. The molecule has 0 unspecified atom stereocenters. The Balaban J connectivity index is 1.94. The van der Waals surface area contributed by atoms with Crippen molar-refractivity contribution < 1.29 is 14.7 Å². The van der Waals surface area contributed by atoms with Crippen LogP contribution < -0.4 is 0 Å². The Morgan fingerprint density at radius 2 is 1.95 bits per heavy atom. The molecule has 0 aliphatic heterocycles. The van der Waals surface area contributed by atoms with E-state index >= 15 is 0 Å². The van der Waals surface area contributed by atoms with Crippen molar-refractivity contribution in [1.29, 1.82) is 0 Å². The van der Waals surface area contributed by atoms with Gasteiger partial charge in [-0.25, -0.2) is 4.79 Å². The molecule has 0 aromatic heterocycles. The number of carboxylic acid groups (broad SMARTS) is 1. The fourth-order valence-corrected chi connectivity index (χ4v) is 2.63. The molecule has 4 heteroatoms. The van der Waals surface area contributed by atoms with Gasteiger partial charge in [0.1, 0.15) is 0 Å². The second-order valence-electron chi connectivity index (χ2n) is 6.46. The largest absolute Gasteiger partial charge is 0.478 e. The number of amides is 1. The number of carboxylic acids is 1. The lowest BCUT2D eigenvalue weighted by Gasteiger charge is -2.23. The number of hydrogen-bond acceptors (Lipinski definition) is 2. The zero-order valence-corrected chi connectivity index (χ0v) is 13.4. The summed E-state index contributed by atoms with van der Waals surface area (Å²) in [4.78, 5) is 25.7. The van der Waals surface area contributed by atoms with Crippen molar-refractivity contribution in [3.05, 3.63) is 35.4 Å². The third kappa shape index (κ3) is 4.58. The molecule has 1 N–H and O–H groups in total. The van der Waals surface area contributed by atoms with Gasteiger partial charge < -0.3 is 10.0 Å². The molecule has 1 amide bonds. The van der Waals surface area contributed by atoms with Gasteiger partial charge in [-0.2, -0.15) is 0 Å². The lowest BCUT2D eigenvalue weighted by Crippen LogP contribution is -2.34. The van der Waals surface area contributed by atoms with Crippen LogP contribution in [0.3, 0.4) is 0 Å². The van der Waals surface area contributed by atoms with Crippen molar-refractivity contribution in [2.24, 2.45) is 5.92 Å². The van der Waals surface area contributed by atoms with Crippen LogP contribution in [0.15, 0.2) is 24.3 Å². The van der Waals surface area contributed by atoms with Crippen LogP contribution in [-0.4, -0.2) is 34.5 Å². The number of aromatic carboxylic acids is 1. The molecule has 120 valence electrons. The number of carbonyl (C=O) groups excluding carboxylic acids is 1. The molecule has 0 heterocycles. The summed E-state index contributed by atoms with van der Waals surface area (Å²) in [6.45, 7) is 5.15. The zero-order chi connectivity index (χ0) is 16.1. The third-order valence-electron chi connectivity index (χ3n) is 4.11. The summed E-state index contributed by atoms with van der Waals surface area (Å²) in [5.74, 6) is -0.188. The second kappa shape index (κ2) is 7.43. The number of rotatable bonds is 8. The quantitative estimate of drug-likeness (QED) is 0.801. The number of nitrogens with zero attached hydrogens (tertiary/aromatic N) is 1. The topological polar surface area (TPSA) is 57.6 Å². The van der Waals surface area contributed by atoms with Crippen molar-refractivity contribution in [3.63, 3.8) is 0 Å². The Hall–Kier alpha value is -1.84. The molecule has 1 aromatic carbocycles. The molecule has 1 fully saturated rings. The summed E-state index contributed by atoms with van der Waals surface area (Å²) < 4.78 is 0. The Morgan fingerprint density at radius 3 is 2.55 bits per heavy atom. The molecule has 0 bridgehead atoms. The fraction of sp³-hybridized carbons (Fsp3) is 0.556. The summed E-state index contributed by atoms with van der Waals surface area (Å²) in [7, 11) is 0. The molecule has 1 aromatic rings. The number of benzene rings is 1. The van der Waals surface area contributed by atoms with E-state index in [1.807, 2.05) is 11.0 Å².